The number of halogens is 1. The number of hydrogen-bond donors (Lipinski definition) is 1. The maximum Gasteiger partial charge on any atom is 0.273 e. The minimum atomic E-state index is -0.0229. The summed E-state index contributed by atoms with van der Waals surface area (Å²) in [6.45, 7) is 1.39. The molecule has 2 N–H and O–H groups in total. The molecule has 1 atom stereocenters. The van der Waals surface area contributed by atoms with Gasteiger partial charge in [0.1, 0.15) is 10.7 Å². The average molecular weight is 328 g/mol. The average Bonchev–Trinajstić information content (AvgIpc) is 3.06. The zero-order valence-electron chi connectivity index (χ0n) is 10.7. The lowest BCUT2D eigenvalue weighted by Gasteiger charge is -2.30. The molecule has 1 unspecified atom stereocenters. The topological polar surface area (TPSA) is 59.2 Å². The second-order valence-corrected chi connectivity index (χ2v) is 7.37. The van der Waals surface area contributed by atoms with E-state index < -0.39 is 0 Å². The molecule has 0 aliphatic carbocycles. The highest BCUT2D eigenvalue weighted by Crippen LogP contribution is 2.33. The molecule has 1 aliphatic heterocycles. The Kier molecular flexibility index (Phi) is 4.07. The molecule has 1 saturated heterocycles. The van der Waals surface area contributed by atoms with Crippen LogP contribution in [0.5, 0.6) is 0 Å². The molecule has 2 aromatic heterocycles. The van der Waals surface area contributed by atoms with E-state index in [0.717, 1.165) is 33.6 Å². The Balaban J connectivity index is 1.77. The molecule has 2 aromatic rings. The highest BCUT2D eigenvalue weighted by molar-refractivity contribution is 7.23. The van der Waals surface area contributed by atoms with Crippen LogP contribution < -0.4 is 5.73 Å². The molecule has 106 valence electrons. The highest BCUT2D eigenvalue weighted by atomic mass is 35.5. The smallest absolute Gasteiger partial charge is 0.273 e. The van der Waals surface area contributed by atoms with Gasteiger partial charge in [-0.15, -0.1) is 22.7 Å². The standard InChI is InChI=1S/C13H14ClN3OS2/c14-11-4-3-10(20-11)12-16-9(7-19-12)13(18)17-5-1-2-8(15)6-17/h3-4,7-8H,1-2,5-6,15H2. The second kappa shape index (κ2) is 5.81. The van der Waals surface area contributed by atoms with Crippen molar-refractivity contribution < 1.29 is 4.79 Å². The van der Waals surface area contributed by atoms with Crippen LogP contribution >= 0.6 is 34.3 Å². The predicted octanol–water partition coefficient (Wildman–Crippen LogP) is 3.09. The lowest BCUT2D eigenvalue weighted by atomic mass is 10.1. The molecule has 4 nitrogen and oxygen atoms in total. The van der Waals surface area contributed by atoms with Gasteiger partial charge in [-0.2, -0.15) is 0 Å². The molecule has 1 amide bonds. The summed E-state index contributed by atoms with van der Waals surface area (Å²) in [5.74, 6) is -0.0229. The fraction of sp³-hybridized carbons (Fsp3) is 0.385. The number of hydrogen-bond acceptors (Lipinski definition) is 5. The Morgan fingerprint density at radius 3 is 3.05 bits per heavy atom. The summed E-state index contributed by atoms with van der Waals surface area (Å²) >= 11 is 8.87. The molecular weight excluding hydrogens is 314 g/mol. The summed E-state index contributed by atoms with van der Waals surface area (Å²) in [6, 6.07) is 3.85. The summed E-state index contributed by atoms with van der Waals surface area (Å²) in [6.07, 6.45) is 1.95. The molecule has 20 heavy (non-hydrogen) atoms. The number of thiazole rings is 1. The van der Waals surface area contributed by atoms with Gasteiger partial charge in [-0.25, -0.2) is 4.98 Å². The van der Waals surface area contributed by atoms with Gasteiger partial charge < -0.3 is 10.6 Å². The number of likely N-dealkylation sites (tertiary alicyclic amines) is 1. The number of piperidine rings is 1. The number of amides is 1. The molecule has 3 rings (SSSR count). The Labute approximate surface area is 130 Å². The monoisotopic (exact) mass is 327 g/mol. The fourth-order valence-corrected chi connectivity index (χ4v) is 4.18. The van der Waals surface area contributed by atoms with Gasteiger partial charge in [0.25, 0.3) is 5.91 Å². The van der Waals surface area contributed by atoms with Crippen molar-refractivity contribution in [3.8, 4) is 9.88 Å². The van der Waals surface area contributed by atoms with Crippen molar-refractivity contribution in [2.75, 3.05) is 13.1 Å². The van der Waals surface area contributed by atoms with E-state index in [2.05, 4.69) is 4.98 Å². The van der Waals surface area contributed by atoms with E-state index in [0.29, 0.717) is 12.2 Å². The van der Waals surface area contributed by atoms with Crippen LogP contribution in [0.25, 0.3) is 9.88 Å². The molecule has 0 spiro atoms. The van der Waals surface area contributed by atoms with Crippen LogP contribution in [0.1, 0.15) is 23.3 Å². The number of carbonyl (C=O) groups is 1. The van der Waals surface area contributed by atoms with Crippen LogP contribution in [0.15, 0.2) is 17.5 Å². The molecular formula is C13H14ClN3OS2. The zero-order valence-corrected chi connectivity index (χ0v) is 13.1. The second-order valence-electron chi connectivity index (χ2n) is 4.80. The van der Waals surface area contributed by atoms with Crippen LogP contribution in [0.4, 0.5) is 0 Å². The minimum absolute atomic E-state index is 0.0229. The van der Waals surface area contributed by atoms with Crippen LogP contribution in [-0.4, -0.2) is 34.9 Å². The number of thiophene rings is 1. The SMILES string of the molecule is NC1CCCN(C(=O)c2csc(-c3ccc(Cl)s3)n2)C1. The first kappa shape index (κ1) is 14.0. The number of rotatable bonds is 2. The van der Waals surface area contributed by atoms with E-state index in [1.807, 2.05) is 17.5 Å². The van der Waals surface area contributed by atoms with Crippen molar-refractivity contribution in [3.63, 3.8) is 0 Å². The Morgan fingerprint density at radius 2 is 2.35 bits per heavy atom. The zero-order chi connectivity index (χ0) is 14.1. The number of carbonyl (C=O) groups excluding carboxylic acids is 1. The lowest BCUT2D eigenvalue weighted by Crippen LogP contribution is -2.45. The van der Waals surface area contributed by atoms with Crippen LogP contribution in [0, 0.1) is 0 Å². The molecule has 1 fully saturated rings. The molecule has 1 aliphatic rings. The van der Waals surface area contributed by atoms with Gasteiger partial charge in [0, 0.05) is 24.5 Å². The highest BCUT2D eigenvalue weighted by Gasteiger charge is 2.24. The Hall–Kier alpha value is -0.950. The third-order valence-electron chi connectivity index (χ3n) is 3.25. The van der Waals surface area contributed by atoms with Crippen LogP contribution in [0.3, 0.4) is 0 Å². The van der Waals surface area contributed by atoms with Crippen molar-refractivity contribution in [2.24, 2.45) is 5.73 Å². The summed E-state index contributed by atoms with van der Waals surface area (Å²) in [7, 11) is 0. The van der Waals surface area contributed by atoms with E-state index in [-0.39, 0.29) is 11.9 Å². The first-order chi connectivity index (χ1) is 9.63. The van der Waals surface area contributed by atoms with E-state index in [1.54, 1.807) is 4.90 Å². The van der Waals surface area contributed by atoms with Crippen LogP contribution in [0.2, 0.25) is 4.34 Å². The normalized spacial score (nSPS) is 19.3. The van der Waals surface area contributed by atoms with Crippen molar-refractivity contribution in [1.82, 2.24) is 9.88 Å². The van der Waals surface area contributed by atoms with Gasteiger partial charge >= 0.3 is 0 Å². The summed E-state index contributed by atoms with van der Waals surface area (Å²) in [5.41, 5.74) is 6.42. The summed E-state index contributed by atoms with van der Waals surface area (Å²) in [5, 5.41) is 2.65. The van der Waals surface area contributed by atoms with Crippen molar-refractivity contribution in [2.45, 2.75) is 18.9 Å². The molecule has 0 radical (unpaired) electrons. The Bertz CT molecular complexity index is 625. The van der Waals surface area contributed by atoms with Gasteiger partial charge in [0.2, 0.25) is 0 Å². The third-order valence-corrected chi connectivity index (χ3v) is 5.49. The molecule has 0 aromatic carbocycles. The fourth-order valence-electron chi connectivity index (χ4n) is 2.27. The van der Waals surface area contributed by atoms with E-state index in [4.69, 9.17) is 17.3 Å². The van der Waals surface area contributed by atoms with Crippen molar-refractivity contribution in [1.29, 1.82) is 0 Å². The van der Waals surface area contributed by atoms with Crippen molar-refractivity contribution in [3.05, 3.63) is 27.5 Å². The number of nitrogens with two attached hydrogens (primary N) is 1. The first-order valence-electron chi connectivity index (χ1n) is 6.39. The minimum Gasteiger partial charge on any atom is -0.336 e. The van der Waals surface area contributed by atoms with Crippen LogP contribution in [-0.2, 0) is 0 Å². The van der Waals surface area contributed by atoms with Gasteiger partial charge in [-0.1, -0.05) is 11.6 Å². The first-order valence-corrected chi connectivity index (χ1v) is 8.47. The van der Waals surface area contributed by atoms with E-state index in [1.165, 1.54) is 22.7 Å². The number of aromatic nitrogens is 1. The summed E-state index contributed by atoms with van der Waals surface area (Å²) in [4.78, 5) is 19.6. The summed E-state index contributed by atoms with van der Waals surface area (Å²) < 4.78 is 0.727. The van der Waals surface area contributed by atoms with E-state index >= 15 is 0 Å². The van der Waals surface area contributed by atoms with Crippen molar-refractivity contribution >= 4 is 40.2 Å². The third kappa shape index (κ3) is 2.88. The quantitative estimate of drug-likeness (QED) is 0.922. The van der Waals surface area contributed by atoms with E-state index in [9.17, 15) is 4.79 Å². The molecule has 0 saturated carbocycles. The number of nitrogens with zero attached hydrogens (tertiary/aromatic N) is 2. The Morgan fingerprint density at radius 1 is 1.50 bits per heavy atom. The molecule has 3 heterocycles. The van der Waals surface area contributed by atoms with Gasteiger partial charge in [0.05, 0.1) is 9.21 Å². The molecule has 0 bridgehead atoms. The maximum absolute atomic E-state index is 12.4. The van der Waals surface area contributed by atoms with Gasteiger partial charge in [0.15, 0.2) is 0 Å². The predicted molar refractivity (Wildman–Crippen MR) is 83.5 cm³/mol. The van der Waals surface area contributed by atoms with Gasteiger partial charge in [-0.05, 0) is 25.0 Å². The van der Waals surface area contributed by atoms with Gasteiger partial charge in [-0.3, -0.25) is 4.79 Å². The lowest BCUT2D eigenvalue weighted by molar-refractivity contribution is 0.0704. The maximum atomic E-state index is 12.4. The largest absolute Gasteiger partial charge is 0.336 e. The molecule has 7 heteroatoms.